The van der Waals surface area contributed by atoms with Gasteiger partial charge in [-0.3, -0.25) is 4.79 Å². The van der Waals surface area contributed by atoms with Crippen molar-refractivity contribution in [3.05, 3.63) is 65.7 Å². The number of phenolic OH excluding ortho intramolecular Hbond substituents is 1. The number of hydrogen-bond acceptors (Lipinski definition) is 4. The lowest BCUT2D eigenvalue weighted by Gasteiger charge is -2.24. The number of ether oxygens (including phenoxy) is 2. The summed E-state index contributed by atoms with van der Waals surface area (Å²) < 4.78 is 10.8. The van der Waals surface area contributed by atoms with E-state index in [1.807, 2.05) is 56.3 Å². The van der Waals surface area contributed by atoms with Gasteiger partial charge in [-0.25, -0.2) is 0 Å². The Balaban J connectivity index is 2.22. The molecule has 0 fully saturated rings. The van der Waals surface area contributed by atoms with E-state index in [1.54, 1.807) is 26.4 Å². The normalized spacial score (nSPS) is 12.0. The van der Waals surface area contributed by atoms with Crippen LogP contribution in [0, 0.1) is 5.92 Å². The summed E-state index contributed by atoms with van der Waals surface area (Å²) >= 11 is 0. The SMILES string of the molecule is COc1ccc([C@H](NC(=O)C(C)C)c2c(O)ccc3ccccc23)cc1OC. The van der Waals surface area contributed by atoms with E-state index >= 15 is 0 Å². The standard InChI is InChI=1S/C23H25NO4/c1-14(2)23(26)24-22(16-10-12-19(27-3)20(13-16)28-4)21-17-8-6-5-7-15(17)9-11-18(21)25/h5-14,22,25H,1-4H3,(H,24,26)/t22-/m0/s1. The molecule has 0 aliphatic heterocycles. The first-order valence-electron chi connectivity index (χ1n) is 9.19. The highest BCUT2D eigenvalue weighted by Gasteiger charge is 2.24. The Morgan fingerprint density at radius 3 is 2.36 bits per heavy atom. The van der Waals surface area contributed by atoms with E-state index < -0.39 is 6.04 Å². The zero-order valence-corrected chi connectivity index (χ0v) is 16.5. The molecule has 0 saturated heterocycles. The van der Waals surface area contributed by atoms with Crippen LogP contribution in [0.4, 0.5) is 0 Å². The summed E-state index contributed by atoms with van der Waals surface area (Å²) in [6, 6.07) is 16.3. The quantitative estimate of drug-likeness (QED) is 0.665. The first kappa shape index (κ1) is 19.5. The molecule has 0 unspecified atom stereocenters. The smallest absolute Gasteiger partial charge is 0.223 e. The van der Waals surface area contributed by atoms with Crippen LogP contribution < -0.4 is 14.8 Å². The molecule has 3 aromatic carbocycles. The topological polar surface area (TPSA) is 67.8 Å². The largest absolute Gasteiger partial charge is 0.508 e. The maximum Gasteiger partial charge on any atom is 0.223 e. The van der Waals surface area contributed by atoms with Crippen LogP contribution in [0.15, 0.2) is 54.6 Å². The molecular weight excluding hydrogens is 354 g/mol. The van der Waals surface area contributed by atoms with Crippen LogP contribution >= 0.6 is 0 Å². The minimum Gasteiger partial charge on any atom is -0.508 e. The summed E-state index contributed by atoms with van der Waals surface area (Å²) in [6.45, 7) is 3.67. The highest BCUT2D eigenvalue weighted by atomic mass is 16.5. The summed E-state index contributed by atoms with van der Waals surface area (Å²) in [5.74, 6) is 0.986. The maximum absolute atomic E-state index is 12.6. The van der Waals surface area contributed by atoms with Gasteiger partial charge in [0.05, 0.1) is 20.3 Å². The summed E-state index contributed by atoms with van der Waals surface area (Å²) in [4.78, 5) is 12.6. The van der Waals surface area contributed by atoms with Crippen molar-refractivity contribution in [1.82, 2.24) is 5.32 Å². The molecule has 0 spiro atoms. The van der Waals surface area contributed by atoms with Crippen LogP contribution in [-0.2, 0) is 4.79 Å². The number of benzene rings is 3. The molecule has 5 heteroatoms. The number of carbonyl (C=O) groups excluding carboxylic acids is 1. The van der Waals surface area contributed by atoms with E-state index in [2.05, 4.69) is 5.32 Å². The lowest BCUT2D eigenvalue weighted by Crippen LogP contribution is -2.32. The van der Waals surface area contributed by atoms with Gasteiger partial charge in [0, 0.05) is 11.5 Å². The third-order valence-corrected chi connectivity index (χ3v) is 4.79. The minimum atomic E-state index is -0.541. The number of hydrogen-bond donors (Lipinski definition) is 2. The fourth-order valence-electron chi connectivity index (χ4n) is 3.25. The molecule has 0 radical (unpaired) electrons. The maximum atomic E-state index is 12.6. The molecule has 1 amide bonds. The van der Waals surface area contributed by atoms with Crippen LogP contribution in [0.3, 0.4) is 0 Å². The first-order chi connectivity index (χ1) is 13.5. The Kier molecular flexibility index (Phi) is 5.73. The van der Waals surface area contributed by atoms with E-state index in [0.29, 0.717) is 17.1 Å². The van der Waals surface area contributed by atoms with E-state index in [4.69, 9.17) is 9.47 Å². The molecule has 2 N–H and O–H groups in total. The van der Waals surface area contributed by atoms with Crippen molar-refractivity contribution in [2.45, 2.75) is 19.9 Å². The van der Waals surface area contributed by atoms with E-state index in [9.17, 15) is 9.90 Å². The summed E-state index contributed by atoms with van der Waals surface area (Å²) in [5, 5.41) is 15.7. The Bertz CT molecular complexity index is 997. The predicted molar refractivity (Wildman–Crippen MR) is 110 cm³/mol. The highest BCUT2D eigenvalue weighted by Crippen LogP contribution is 2.38. The van der Waals surface area contributed by atoms with Gasteiger partial charge in [-0.1, -0.05) is 50.2 Å². The first-order valence-corrected chi connectivity index (χ1v) is 9.19. The molecule has 0 bridgehead atoms. The molecule has 5 nitrogen and oxygen atoms in total. The Morgan fingerprint density at radius 2 is 1.68 bits per heavy atom. The number of fused-ring (bicyclic) bond motifs is 1. The summed E-state index contributed by atoms with van der Waals surface area (Å²) in [5.41, 5.74) is 1.44. The summed E-state index contributed by atoms with van der Waals surface area (Å²) in [6.07, 6.45) is 0. The lowest BCUT2D eigenvalue weighted by atomic mass is 9.92. The fraction of sp³-hybridized carbons (Fsp3) is 0.261. The Morgan fingerprint density at radius 1 is 0.964 bits per heavy atom. The van der Waals surface area contributed by atoms with Gasteiger partial charge in [0.1, 0.15) is 5.75 Å². The molecule has 3 aromatic rings. The van der Waals surface area contributed by atoms with Crippen LogP contribution in [0.1, 0.15) is 31.0 Å². The van der Waals surface area contributed by atoms with Crippen molar-refractivity contribution in [1.29, 1.82) is 0 Å². The second kappa shape index (κ2) is 8.21. The number of nitrogens with one attached hydrogen (secondary N) is 1. The van der Waals surface area contributed by atoms with Crippen molar-refractivity contribution in [2.24, 2.45) is 5.92 Å². The Hall–Kier alpha value is -3.21. The number of rotatable bonds is 6. The monoisotopic (exact) mass is 379 g/mol. The molecule has 0 heterocycles. The van der Waals surface area contributed by atoms with Gasteiger partial charge in [-0.15, -0.1) is 0 Å². The van der Waals surface area contributed by atoms with Gasteiger partial charge in [0.25, 0.3) is 0 Å². The molecule has 3 rings (SSSR count). The van der Waals surface area contributed by atoms with Gasteiger partial charge >= 0.3 is 0 Å². The van der Waals surface area contributed by atoms with Gasteiger partial charge in [-0.05, 0) is 34.5 Å². The molecule has 0 saturated carbocycles. The van der Waals surface area contributed by atoms with Gasteiger partial charge in [0.2, 0.25) is 5.91 Å². The van der Waals surface area contributed by atoms with Crippen LogP contribution in [0.5, 0.6) is 17.2 Å². The van der Waals surface area contributed by atoms with Crippen molar-refractivity contribution in [3.63, 3.8) is 0 Å². The van der Waals surface area contributed by atoms with Crippen LogP contribution in [0.2, 0.25) is 0 Å². The van der Waals surface area contributed by atoms with Gasteiger partial charge < -0.3 is 19.9 Å². The number of methoxy groups -OCH3 is 2. The molecule has 146 valence electrons. The van der Waals surface area contributed by atoms with Gasteiger partial charge in [-0.2, -0.15) is 0 Å². The van der Waals surface area contributed by atoms with Crippen molar-refractivity contribution in [2.75, 3.05) is 14.2 Å². The summed E-state index contributed by atoms with van der Waals surface area (Å²) in [7, 11) is 3.14. The predicted octanol–water partition coefficient (Wildman–Crippen LogP) is 4.42. The molecule has 0 aliphatic rings. The van der Waals surface area contributed by atoms with Gasteiger partial charge in [0.15, 0.2) is 11.5 Å². The van der Waals surface area contributed by atoms with Crippen LogP contribution in [-0.4, -0.2) is 25.2 Å². The molecule has 28 heavy (non-hydrogen) atoms. The van der Waals surface area contributed by atoms with E-state index in [1.165, 1.54) is 0 Å². The minimum absolute atomic E-state index is 0.105. The molecule has 0 aromatic heterocycles. The van der Waals surface area contributed by atoms with Crippen molar-refractivity contribution >= 4 is 16.7 Å². The second-order valence-corrected chi connectivity index (χ2v) is 6.93. The third-order valence-electron chi connectivity index (χ3n) is 4.79. The molecule has 0 aliphatic carbocycles. The van der Waals surface area contributed by atoms with Crippen molar-refractivity contribution < 1.29 is 19.4 Å². The number of phenols is 1. The molecular formula is C23H25NO4. The Labute approximate surface area is 164 Å². The second-order valence-electron chi connectivity index (χ2n) is 6.93. The zero-order valence-electron chi connectivity index (χ0n) is 16.5. The number of amides is 1. The third kappa shape index (κ3) is 3.74. The fourth-order valence-corrected chi connectivity index (χ4v) is 3.25. The molecule has 1 atom stereocenters. The average molecular weight is 379 g/mol. The zero-order chi connectivity index (χ0) is 20.3. The average Bonchev–Trinajstić information content (AvgIpc) is 2.71. The number of aromatic hydroxyl groups is 1. The van der Waals surface area contributed by atoms with Crippen LogP contribution in [0.25, 0.3) is 10.8 Å². The van der Waals surface area contributed by atoms with Crippen molar-refractivity contribution in [3.8, 4) is 17.2 Å². The van der Waals surface area contributed by atoms with E-state index in [-0.39, 0.29) is 17.6 Å². The highest BCUT2D eigenvalue weighted by molar-refractivity contribution is 5.89. The lowest BCUT2D eigenvalue weighted by molar-refractivity contribution is -0.124. The van der Waals surface area contributed by atoms with E-state index in [0.717, 1.165) is 16.3 Å². The number of carbonyl (C=O) groups is 1.